The Labute approximate surface area is 134 Å². The molecule has 0 bridgehead atoms. The zero-order valence-electron chi connectivity index (χ0n) is 13.1. The third kappa shape index (κ3) is 3.61. The van der Waals surface area contributed by atoms with E-state index in [0.717, 1.165) is 12.8 Å². The molecule has 0 aliphatic carbocycles. The summed E-state index contributed by atoms with van der Waals surface area (Å²) in [5.74, 6) is 1.51. The SMILES string of the molecule is CCOc1nccnc1NC1CCN(C(=O)c2ccco2)CC1. The van der Waals surface area contributed by atoms with E-state index in [0.29, 0.717) is 37.2 Å². The van der Waals surface area contributed by atoms with Crippen LogP contribution in [0.15, 0.2) is 35.2 Å². The molecule has 7 nitrogen and oxygen atoms in total. The van der Waals surface area contributed by atoms with Crippen LogP contribution in [0.3, 0.4) is 0 Å². The summed E-state index contributed by atoms with van der Waals surface area (Å²) < 4.78 is 10.6. The van der Waals surface area contributed by atoms with Gasteiger partial charge in [0.2, 0.25) is 0 Å². The van der Waals surface area contributed by atoms with E-state index in [4.69, 9.17) is 9.15 Å². The van der Waals surface area contributed by atoms with Crippen molar-refractivity contribution in [2.75, 3.05) is 25.0 Å². The van der Waals surface area contributed by atoms with Gasteiger partial charge in [0, 0.05) is 31.5 Å². The van der Waals surface area contributed by atoms with Gasteiger partial charge < -0.3 is 19.4 Å². The number of likely N-dealkylation sites (tertiary alicyclic amines) is 1. The maximum Gasteiger partial charge on any atom is 0.289 e. The Balaban J connectivity index is 1.56. The van der Waals surface area contributed by atoms with Gasteiger partial charge in [0.15, 0.2) is 11.6 Å². The number of piperidine rings is 1. The van der Waals surface area contributed by atoms with Crippen LogP contribution in [0, 0.1) is 0 Å². The average molecular weight is 316 g/mol. The van der Waals surface area contributed by atoms with Crippen molar-refractivity contribution >= 4 is 11.7 Å². The Morgan fingerprint density at radius 3 is 2.87 bits per heavy atom. The van der Waals surface area contributed by atoms with Crippen molar-refractivity contribution in [3.8, 4) is 5.88 Å². The number of furan rings is 1. The number of ether oxygens (including phenoxy) is 1. The lowest BCUT2D eigenvalue weighted by molar-refractivity contribution is 0.0686. The highest BCUT2D eigenvalue weighted by molar-refractivity contribution is 5.91. The average Bonchev–Trinajstić information content (AvgIpc) is 3.11. The second kappa shape index (κ2) is 7.13. The van der Waals surface area contributed by atoms with Crippen molar-refractivity contribution in [2.24, 2.45) is 0 Å². The number of rotatable bonds is 5. The Morgan fingerprint density at radius 2 is 2.17 bits per heavy atom. The molecule has 3 rings (SSSR count). The van der Waals surface area contributed by atoms with E-state index >= 15 is 0 Å². The number of hydrogen-bond donors (Lipinski definition) is 1. The van der Waals surface area contributed by atoms with Crippen molar-refractivity contribution in [3.63, 3.8) is 0 Å². The third-order valence-corrected chi connectivity index (χ3v) is 3.80. The van der Waals surface area contributed by atoms with E-state index in [2.05, 4.69) is 15.3 Å². The number of nitrogens with one attached hydrogen (secondary N) is 1. The zero-order chi connectivity index (χ0) is 16.1. The van der Waals surface area contributed by atoms with Crippen molar-refractivity contribution in [1.29, 1.82) is 0 Å². The van der Waals surface area contributed by atoms with Gasteiger partial charge in [0.25, 0.3) is 11.8 Å². The standard InChI is InChI=1S/C16H20N4O3/c1-2-22-15-14(17-7-8-18-15)19-12-5-9-20(10-6-12)16(21)13-4-3-11-23-13/h3-4,7-8,11-12H,2,5-6,9-10H2,1H3,(H,17,19). The number of anilines is 1. The first kappa shape index (κ1) is 15.3. The molecule has 2 aromatic heterocycles. The minimum Gasteiger partial charge on any atom is -0.475 e. The van der Waals surface area contributed by atoms with E-state index in [1.54, 1.807) is 24.5 Å². The summed E-state index contributed by atoms with van der Waals surface area (Å²) in [4.78, 5) is 22.5. The summed E-state index contributed by atoms with van der Waals surface area (Å²) in [5.41, 5.74) is 0. The molecular formula is C16H20N4O3. The maximum atomic E-state index is 12.2. The topological polar surface area (TPSA) is 80.5 Å². The fraction of sp³-hybridized carbons (Fsp3) is 0.438. The lowest BCUT2D eigenvalue weighted by atomic mass is 10.0. The van der Waals surface area contributed by atoms with Crippen molar-refractivity contribution in [1.82, 2.24) is 14.9 Å². The highest BCUT2D eigenvalue weighted by Crippen LogP contribution is 2.22. The lowest BCUT2D eigenvalue weighted by Gasteiger charge is -2.32. The monoisotopic (exact) mass is 316 g/mol. The Bertz CT molecular complexity index is 637. The molecule has 1 saturated heterocycles. The minimum absolute atomic E-state index is 0.0528. The van der Waals surface area contributed by atoms with Crippen LogP contribution in [0.4, 0.5) is 5.82 Å². The molecule has 1 fully saturated rings. The molecule has 1 aliphatic rings. The quantitative estimate of drug-likeness (QED) is 0.910. The van der Waals surface area contributed by atoms with Gasteiger partial charge in [0.1, 0.15) is 0 Å². The number of carbonyl (C=O) groups is 1. The predicted molar refractivity (Wildman–Crippen MR) is 84.5 cm³/mol. The highest BCUT2D eigenvalue weighted by Gasteiger charge is 2.25. The first-order valence-corrected chi connectivity index (χ1v) is 7.81. The van der Waals surface area contributed by atoms with Crippen molar-refractivity contribution in [3.05, 3.63) is 36.5 Å². The third-order valence-electron chi connectivity index (χ3n) is 3.80. The molecule has 1 N–H and O–H groups in total. The predicted octanol–water partition coefficient (Wildman–Crippen LogP) is 2.19. The fourth-order valence-electron chi connectivity index (χ4n) is 2.64. The van der Waals surface area contributed by atoms with Crippen molar-refractivity contribution in [2.45, 2.75) is 25.8 Å². The van der Waals surface area contributed by atoms with Crippen molar-refractivity contribution < 1.29 is 13.9 Å². The molecule has 1 aliphatic heterocycles. The van der Waals surface area contributed by atoms with Crippen LogP contribution in [-0.2, 0) is 0 Å². The molecule has 7 heteroatoms. The van der Waals surface area contributed by atoms with E-state index < -0.39 is 0 Å². The van der Waals surface area contributed by atoms with Gasteiger partial charge >= 0.3 is 0 Å². The van der Waals surface area contributed by atoms with E-state index in [1.165, 1.54) is 6.26 Å². The summed E-state index contributed by atoms with van der Waals surface area (Å²) >= 11 is 0. The van der Waals surface area contributed by atoms with E-state index in [9.17, 15) is 4.79 Å². The minimum atomic E-state index is -0.0528. The molecule has 2 aromatic rings. The zero-order valence-corrected chi connectivity index (χ0v) is 13.1. The van der Waals surface area contributed by atoms with E-state index in [-0.39, 0.29) is 11.9 Å². The second-order valence-electron chi connectivity index (χ2n) is 5.33. The normalized spacial score (nSPS) is 15.4. The fourth-order valence-corrected chi connectivity index (χ4v) is 2.64. The Kier molecular flexibility index (Phi) is 4.75. The number of nitrogens with zero attached hydrogens (tertiary/aromatic N) is 3. The number of amides is 1. The number of carbonyl (C=O) groups excluding carboxylic acids is 1. The summed E-state index contributed by atoms with van der Waals surface area (Å²) in [6.45, 7) is 3.82. The van der Waals surface area contributed by atoms with Crippen LogP contribution < -0.4 is 10.1 Å². The van der Waals surface area contributed by atoms with Gasteiger partial charge in [-0.25, -0.2) is 9.97 Å². The molecular weight excluding hydrogens is 296 g/mol. The Morgan fingerprint density at radius 1 is 1.39 bits per heavy atom. The van der Waals surface area contributed by atoms with Crippen LogP contribution in [0.2, 0.25) is 0 Å². The molecule has 0 aromatic carbocycles. The Hall–Kier alpha value is -2.57. The molecule has 1 amide bonds. The van der Waals surface area contributed by atoms with Crippen LogP contribution in [0.5, 0.6) is 5.88 Å². The smallest absolute Gasteiger partial charge is 0.289 e. The number of hydrogen-bond acceptors (Lipinski definition) is 6. The summed E-state index contributed by atoms with van der Waals surface area (Å²) in [7, 11) is 0. The van der Waals surface area contributed by atoms with Gasteiger partial charge in [-0.2, -0.15) is 0 Å². The molecule has 23 heavy (non-hydrogen) atoms. The highest BCUT2D eigenvalue weighted by atomic mass is 16.5. The lowest BCUT2D eigenvalue weighted by Crippen LogP contribution is -2.42. The molecule has 0 unspecified atom stereocenters. The van der Waals surface area contributed by atoms with Gasteiger partial charge in [-0.15, -0.1) is 0 Å². The van der Waals surface area contributed by atoms with E-state index in [1.807, 2.05) is 11.8 Å². The second-order valence-corrected chi connectivity index (χ2v) is 5.33. The van der Waals surface area contributed by atoms with Crippen LogP contribution in [0.25, 0.3) is 0 Å². The summed E-state index contributed by atoms with van der Waals surface area (Å²) in [6.07, 6.45) is 6.45. The summed E-state index contributed by atoms with van der Waals surface area (Å²) in [6, 6.07) is 3.66. The molecule has 0 radical (unpaired) electrons. The molecule has 122 valence electrons. The van der Waals surface area contributed by atoms with Crippen LogP contribution >= 0.6 is 0 Å². The molecule has 3 heterocycles. The van der Waals surface area contributed by atoms with Gasteiger partial charge in [-0.3, -0.25) is 4.79 Å². The van der Waals surface area contributed by atoms with Crippen LogP contribution in [-0.4, -0.2) is 46.5 Å². The largest absolute Gasteiger partial charge is 0.475 e. The maximum absolute atomic E-state index is 12.2. The van der Waals surface area contributed by atoms with Gasteiger partial charge in [-0.1, -0.05) is 0 Å². The van der Waals surface area contributed by atoms with Crippen LogP contribution in [0.1, 0.15) is 30.3 Å². The first-order valence-electron chi connectivity index (χ1n) is 7.81. The van der Waals surface area contributed by atoms with Gasteiger partial charge in [-0.05, 0) is 31.9 Å². The number of aromatic nitrogens is 2. The molecule has 0 saturated carbocycles. The first-order chi connectivity index (χ1) is 11.3. The molecule has 0 spiro atoms. The summed E-state index contributed by atoms with van der Waals surface area (Å²) in [5, 5.41) is 3.37. The molecule has 0 atom stereocenters. The van der Waals surface area contributed by atoms with Gasteiger partial charge in [0.05, 0.1) is 12.9 Å².